The van der Waals surface area contributed by atoms with E-state index in [0.717, 1.165) is 22.4 Å². The fourth-order valence-corrected chi connectivity index (χ4v) is 2.85. The molecule has 0 spiro atoms. The molecule has 0 atom stereocenters. The SMILES string of the molecule is Cc1cccc(C)c1NC(=O)CNC(=O)COC(=O)Cc1ccsc1. The average Bonchev–Trinajstić information content (AvgIpc) is 3.07. The Hall–Kier alpha value is -2.67. The second-order valence-corrected chi connectivity index (χ2v) is 6.34. The molecule has 2 aromatic rings. The molecule has 2 N–H and O–H groups in total. The molecule has 7 heteroatoms. The highest BCUT2D eigenvalue weighted by molar-refractivity contribution is 7.07. The molecule has 0 radical (unpaired) electrons. The summed E-state index contributed by atoms with van der Waals surface area (Å²) in [5.74, 6) is -1.33. The van der Waals surface area contributed by atoms with E-state index in [0.29, 0.717) is 0 Å². The summed E-state index contributed by atoms with van der Waals surface area (Å²) in [5, 5.41) is 8.91. The van der Waals surface area contributed by atoms with Crippen molar-refractivity contribution in [2.24, 2.45) is 0 Å². The Morgan fingerprint density at radius 3 is 2.44 bits per heavy atom. The molecule has 132 valence electrons. The number of carbonyl (C=O) groups excluding carboxylic acids is 3. The fraction of sp³-hybridized carbons (Fsp3) is 0.278. The molecule has 0 aliphatic rings. The third-order valence-electron chi connectivity index (χ3n) is 3.48. The van der Waals surface area contributed by atoms with Gasteiger partial charge in [-0.1, -0.05) is 18.2 Å². The highest BCUT2D eigenvalue weighted by Crippen LogP contribution is 2.18. The van der Waals surface area contributed by atoms with Crippen molar-refractivity contribution in [1.82, 2.24) is 5.32 Å². The van der Waals surface area contributed by atoms with Crippen LogP contribution in [0, 0.1) is 13.8 Å². The summed E-state index contributed by atoms with van der Waals surface area (Å²) in [7, 11) is 0. The smallest absolute Gasteiger partial charge is 0.310 e. The summed E-state index contributed by atoms with van der Waals surface area (Å²) < 4.78 is 4.89. The van der Waals surface area contributed by atoms with Gasteiger partial charge in [-0.25, -0.2) is 0 Å². The lowest BCUT2D eigenvalue weighted by Gasteiger charge is -2.12. The molecular formula is C18H20N2O4S. The van der Waals surface area contributed by atoms with Gasteiger partial charge in [-0.2, -0.15) is 11.3 Å². The predicted octanol–water partition coefficient (Wildman–Crippen LogP) is 2.21. The number of hydrogen-bond acceptors (Lipinski definition) is 5. The maximum atomic E-state index is 11.9. The molecule has 0 fully saturated rings. The molecule has 0 aliphatic carbocycles. The van der Waals surface area contributed by atoms with E-state index in [9.17, 15) is 14.4 Å². The number of benzene rings is 1. The Bertz CT molecular complexity index is 736. The van der Waals surface area contributed by atoms with Crippen LogP contribution in [-0.4, -0.2) is 30.9 Å². The average molecular weight is 360 g/mol. The number of hydrogen-bond donors (Lipinski definition) is 2. The van der Waals surface area contributed by atoms with Crippen LogP contribution in [0.4, 0.5) is 5.69 Å². The molecule has 0 saturated carbocycles. The monoisotopic (exact) mass is 360 g/mol. The number of ether oxygens (including phenoxy) is 1. The first-order valence-corrected chi connectivity index (χ1v) is 8.69. The number of anilines is 1. The molecule has 0 unspecified atom stereocenters. The summed E-state index contributed by atoms with van der Waals surface area (Å²) >= 11 is 1.49. The molecule has 6 nitrogen and oxygen atoms in total. The van der Waals surface area contributed by atoms with Crippen LogP contribution in [0.25, 0.3) is 0 Å². The summed E-state index contributed by atoms with van der Waals surface area (Å²) in [6.07, 6.45) is 0.129. The van der Waals surface area contributed by atoms with Crippen LogP contribution >= 0.6 is 11.3 Å². The van der Waals surface area contributed by atoms with Crippen molar-refractivity contribution in [3.8, 4) is 0 Å². The molecule has 0 bridgehead atoms. The van der Waals surface area contributed by atoms with E-state index >= 15 is 0 Å². The number of nitrogens with one attached hydrogen (secondary N) is 2. The molecule has 1 aromatic carbocycles. The second-order valence-electron chi connectivity index (χ2n) is 5.56. The van der Waals surface area contributed by atoms with Crippen LogP contribution in [0.1, 0.15) is 16.7 Å². The number of amides is 2. The van der Waals surface area contributed by atoms with Crippen LogP contribution in [0.15, 0.2) is 35.0 Å². The highest BCUT2D eigenvalue weighted by Gasteiger charge is 2.11. The Morgan fingerprint density at radius 2 is 1.80 bits per heavy atom. The van der Waals surface area contributed by atoms with Gasteiger partial charge in [0.05, 0.1) is 13.0 Å². The van der Waals surface area contributed by atoms with Crippen molar-refractivity contribution in [3.63, 3.8) is 0 Å². The van der Waals surface area contributed by atoms with Gasteiger partial charge in [0.15, 0.2) is 6.61 Å². The van der Waals surface area contributed by atoms with Crippen molar-refractivity contribution in [1.29, 1.82) is 0 Å². The van der Waals surface area contributed by atoms with Gasteiger partial charge in [0.25, 0.3) is 5.91 Å². The third kappa shape index (κ3) is 6.04. The predicted molar refractivity (Wildman–Crippen MR) is 96.5 cm³/mol. The number of carbonyl (C=O) groups is 3. The van der Waals surface area contributed by atoms with Crippen molar-refractivity contribution in [3.05, 3.63) is 51.7 Å². The van der Waals surface area contributed by atoms with E-state index in [1.807, 2.05) is 48.9 Å². The molecule has 0 saturated heterocycles. The molecule has 2 rings (SSSR count). The zero-order valence-electron chi connectivity index (χ0n) is 14.1. The molecule has 25 heavy (non-hydrogen) atoms. The Kier molecular flexibility index (Phi) is 6.71. The van der Waals surface area contributed by atoms with Crippen LogP contribution in [-0.2, 0) is 25.5 Å². The van der Waals surface area contributed by atoms with E-state index < -0.39 is 18.5 Å². The fourth-order valence-electron chi connectivity index (χ4n) is 2.18. The van der Waals surface area contributed by atoms with Gasteiger partial charge >= 0.3 is 5.97 Å². The normalized spacial score (nSPS) is 10.2. The van der Waals surface area contributed by atoms with E-state index in [2.05, 4.69) is 10.6 Å². The second kappa shape index (κ2) is 8.98. The highest BCUT2D eigenvalue weighted by atomic mass is 32.1. The van der Waals surface area contributed by atoms with Crippen molar-refractivity contribution >= 4 is 34.8 Å². The minimum atomic E-state index is -0.518. The largest absolute Gasteiger partial charge is 0.455 e. The van der Waals surface area contributed by atoms with Crippen molar-refractivity contribution in [2.45, 2.75) is 20.3 Å². The van der Waals surface area contributed by atoms with E-state index in [-0.39, 0.29) is 18.9 Å². The summed E-state index contributed by atoms with van der Waals surface area (Å²) in [5.41, 5.74) is 3.48. The molecule has 1 heterocycles. The minimum Gasteiger partial charge on any atom is -0.455 e. The summed E-state index contributed by atoms with van der Waals surface area (Å²) in [4.78, 5) is 35.2. The van der Waals surface area contributed by atoms with Crippen molar-refractivity contribution in [2.75, 3.05) is 18.5 Å². The first-order valence-electron chi connectivity index (χ1n) is 7.75. The minimum absolute atomic E-state index is 0.129. The lowest BCUT2D eigenvalue weighted by molar-refractivity contribution is -0.147. The van der Waals surface area contributed by atoms with Gasteiger partial charge in [0, 0.05) is 5.69 Å². The molecule has 1 aromatic heterocycles. The first kappa shape index (κ1) is 18.7. The summed E-state index contributed by atoms with van der Waals surface area (Å²) in [6.45, 7) is 3.20. The van der Waals surface area contributed by atoms with Gasteiger partial charge in [-0.05, 0) is 47.4 Å². The van der Waals surface area contributed by atoms with Gasteiger partial charge < -0.3 is 15.4 Å². The van der Waals surface area contributed by atoms with Gasteiger partial charge in [0.2, 0.25) is 5.91 Å². The Morgan fingerprint density at radius 1 is 1.08 bits per heavy atom. The lowest BCUT2D eigenvalue weighted by Crippen LogP contribution is -2.35. The molecule has 0 aliphatic heterocycles. The number of rotatable bonds is 7. The first-order chi connectivity index (χ1) is 12.0. The number of thiophene rings is 1. The van der Waals surface area contributed by atoms with Gasteiger partial charge in [0.1, 0.15) is 0 Å². The maximum Gasteiger partial charge on any atom is 0.310 e. The van der Waals surface area contributed by atoms with E-state index in [1.165, 1.54) is 11.3 Å². The zero-order valence-corrected chi connectivity index (χ0v) is 14.9. The number of esters is 1. The van der Waals surface area contributed by atoms with Crippen LogP contribution < -0.4 is 10.6 Å². The Balaban J connectivity index is 1.70. The van der Waals surface area contributed by atoms with E-state index in [4.69, 9.17) is 4.74 Å². The third-order valence-corrected chi connectivity index (χ3v) is 4.22. The quantitative estimate of drug-likeness (QED) is 0.742. The standard InChI is InChI=1S/C18H20N2O4S/c1-12-4-3-5-13(2)18(12)20-15(21)9-19-16(22)10-24-17(23)8-14-6-7-25-11-14/h3-7,11H,8-10H2,1-2H3,(H,19,22)(H,20,21). The lowest BCUT2D eigenvalue weighted by atomic mass is 10.1. The van der Waals surface area contributed by atoms with Crippen LogP contribution in [0.2, 0.25) is 0 Å². The number of aryl methyl sites for hydroxylation is 2. The Labute approximate surface area is 150 Å². The molecular weight excluding hydrogens is 340 g/mol. The van der Waals surface area contributed by atoms with E-state index in [1.54, 1.807) is 0 Å². The van der Waals surface area contributed by atoms with Gasteiger partial charge in [-0.15, -0.1) is 0 Å². The van der Waals surface area contributed by atoms with Gasteiger partial charge in [-0.3, -0.25) is 14.4 Å². The number of para-hydroxylation sites is 1. The topological polar surface area (TPSA) is 84.5 Å². The molecule has 2 amide bonds. The van der Waals surface area contributed by atoms with Crippen LogP contribution in [0.5, 0.6) is 0 Å². The maximum absolute atomic E-state index is 11.9. The zero-order chi connectivity index (χ0) is 18.2. The van der Waals surface area contributed by atoms with Crippen LogP contribution in [0.3, 0.4) is 0 Å². The summed E-state index contributed by atoms with van der Waals surface area (Å²) in [6, 6.07) is 7.53. The van der Waals surface area contributed by atoms with Crippen molar-refractivity contribution < 1.29 is 19.1 Å².